The molecule has 0 spiro atoms. The zero-order chi connectivity index (χ0) is 18.2. The predicted molar refractivity (Wildman–Crippen MR) is 96.0 cm³/mol. The number of benzene rings is 1. The number of carbonyl (C=O) groups is 2. The monoisotopic (exact) mass is 362 g/mol. The lowest BCUT2D eigenvalue weighted by Gasteiger charge is -2.31. The van der Waals surface area contributed by atoms with Crippen LogP contribution in [0.1, 0.15) is 37.7 Å². The van der Waals surface area contributed by atoms with Gasteiger partial charge in [-0.05, 0) is 42.9 Å². The second-order valence-electron chi connectivity index (χ2n) is 5.89. The molecule has 2 aromatic rings. The van der Waals surface area contributed by atoms with Crippen LogP contribution < -0.4 is 5.90 Å². The van der Waals surface area contributed by atoms with Gasteiger partial charge in [0.2, 0.25) is 0 Å². The highest BCUT2D eigenvalue weighted by Gasteiger charge is 2.25. The molecule has 1 aliphatic rings. The van der Waals surface area contributed by atoms with E-state index in [1.165, 1.54) is 11.6 Å². The van der Waals surface area contributed by atoms with Gasteiger partial charge in [0, 0.05) is 13.1 Å². The molecule has 6 nitrogen and oxygen atoms in total. The molecule has 7 heteroatoms. The fourth-order valence-electron chi connectivity index (χ4n) is 3.01. The number of hydrogen-bond acceptors (Lipinski definition) is 5. The smallest absolute Gasteiger partial charge is 0.345 e. The molecule has 1 aromatic carbocycles. The first-order valence-corrected chi connectivity index (χ1v) is 8.87. The lowest BCUT2D eigenvalue weighted by atomic mass is 9.90. The number of thiophene rings is 1. The number of aromatic carboxylic acids is 1. The fraction of sp³-hybridized carbons (Fsp3) is 0.333. The van der Waals surface area contributed by atoms with Crippen molar-refractivity contribution < 1.29 is 19.9 Å². The summed E-state index contributed by atoms with van der Waals surface area (Å²) in [4.78, 5) is 25.9. The Morgan fingerprint density at radius 3 is 2.20 bits per heavy atom. The standard InChI is InChI=1S/C18H19NO3S.H3NO/c20-17(15-6-7-16(23-15)18(21)22)19-10-8-14(9-11-19)12-13-4-2-1-3-5-13;1-2/h1-7,14H,8-12H2,(H,21,22);2H,1H2. The van der Waals surface area contributed by atoms with Crippen LogP contribution in [0.3, 0.4) is 0 Å². The van der Waals surface area contributed by atoms with Crippen molar-refractivity contribution in [3.63, 3.8) is 0 Å². The van der Waals surface area contributed by atoms with Gasteiger partial charge < -0.3 is 15.2 Å². The summed E-state index contributed by atoms with van der Waals surface area (Å²) in [6.07, 6.45) is 3.06. The maximum absolute atomic E-state index is 12.4. The molecule has 0 atom stereocenters. The van der Waals surface area contributed by atoms with Gasteiger partial charge in [-0.2, -0.15) is 0 Å². The van der Waals surface area contributed by atoms with Crippen molar-refractivity contribution in [1.29, 1.82) is 0 Å². The topological polar surface area (TPSA) is 104 Å². The van der Waals surface area contributed by atoms with Crippen molar-refractivity contribution in [2.75, 3.05) is 13.1 Å². The fourth-order valence-corrected chi connectivity index (χ4v) is 3.82. The van der Waals surface area contributed by atoms with Crippen molar-refractivity contribution in [3.8, 4) is 0 Å². The van der Waals surface area contributed by atoms with E-state index in [0.29, 0.717) is 10.8 Å². The number of rotatable bonds is 4. The lowest BCUT2D eigenvalue weighted by molar-refractivity contribution is 0.0691. The Morgan fingerprint density at radius 1 is 1.04 bits per heavy atom. The van der Waals surface area contributed by atoms with Gasteiger partial charge in [0.25, 0.3) is 5.91 Å². The molecule has 3 rings (SSSR count). The Kier molecular flexibility index (Phi) is 7.12. The van der Waals surface area contributed by atoms with Gasteiger partial charge in [0.05, 0.1) is 4.88 Å². The summed E-state index contributed by atoms with van der Waals surface area (Å²) in [5.74, 6) is 3.09. The zero-order valence-corrected chi connectivity index (χ0v) is 14.6. The minimum Gasteiger partial charge on any atom is -0.477 e. The number of carbonyl (C=O) groups excluding carboxylic acids is 1. The molecule has 0 unspecified atom stereocenters. The summed E-state index contributed by atoms with van der Waals surface area (Å²) in [7, 11) is 0. The maximum atomic E-state index is 12.4. The third-order valence-corrected chi connectivity index (χ3v) is 5.36. The highest BCUT2D eigenvalue weighted by Crippen LogP contribution is 2.25. The summed E-state index contributed by atoms with van der Waals surface area (Å²) in [6.45, 7) is 1.49. The summed E-state index contributed by atoms with van der Waals surface area (Å²) >= 11 is 1.06. The first kappa shape index (κ1) is 19.1. The SMILES string of the molecule is NO.O=C(O)c1ccc(C(=O)N2CCC(Cc3ccccc3)CC2)s1. The van der Waals surface area contributed by atoms with E-state index in [2.05, 4.69) is 30.2 Å². The van der Waals surface area contributed by atoms with Crippen LogP contribution in [0, 0.1) is 5.92 Å². The van der Waals surface area contributed by atoms with Crippen LogP contribution >= 0.6 is 11.3 Å². The van der Waals surface area contributed by atoms with Crippen LogP contribution in [0.2, 0.25) is 0 Å². The van der Waals surface area contributed by atoms with Crippen molar-refractivity contribution in [3.05, 3.63) is 57.8 Å². The van der Waals surface area contributed by atoms with Crippen LogP contribution in [-0.2, 0) is 6.42 Å². The highest BCUT2D eigenvalue weighted by atomic mass is 32.1. The number of likely N-dealkylation sites (tertiary alicyclic amines) is 1. The molecule has 1 aliphatic heterocycles. The maximum Gasteiger partial charge on any atom is 0.345 e. The second-order valence-corrected chi connectivity index (χ2v) is 6.98. The molecule has 134 valence electrons. The molecule has 1 saturated heterocycles. The van der Waals surface area contributed by atoms with E-state index >= 15 is 0 Å². The number of carboxylic acid groups (broad SMARTS) is 1. The minimum absolute atomic E-state index is 0.0411. The largest absolute Gasteiger partial charge is 0.477 e. The molecule has 1 amide bonds. The molecule has 0 bridgehead atoms. The predicted octanol–water partition coefficient (Wildman–Crippen LogP) is 2.88. The molecule has 0 saturated carbocycles. The third-order valence-electron chi connectivity index (χ3n) is 4.30. The van der Waals surface area contributed by atoms with Gasteiger partial charge >= 0.3 is 5.97 Å². The summed E-state index contributed by atoms with van der Waals surface area (Å²) in [5.41, 5.74) is 1.35. The van der Waals surface area contributed by atoms with Crippen LogP contribution in [0.25, 0.3) is 0 Å². The van der Waals surface area contributed by atoms with Crippen LogP contribution in [0.5, 0.6) is 0 Å². The third kappa shape index (κ3) is 5.12. The Balaban J connectivity index is 0.00000109. The van der Waals surface area contributed by atoms with E-state index in [4.69, 9.17) is 10.3 Å². The summed E-state index contributed by atoms with van der Waals surface area (Å²) in [5, 5.41) is 15.5. The van der Waals surface area contributed by atoms with Crippen LogP contribution in [-0.4, -0.2) is 40.2 Å². The average molecular weight is 362 g/mol. The second kappa shape index (κ2) is 9.31. The Hall–Kier alpha value is -2.22. The zero-order valence-electron chi connectivity index (χ0n) is 13.8. The molecule has 25 heavy (non-hydrogen) atoms. The van der Waals surface area contributed by atoms with Gasteiger partial charge in [-0.3, -0.25) is 4.79 Å². The molecule has 4 N–H and O–H groups in total. The number of nitrogens with zero attached hydrogens (tertiary/aromatic N) is 1. The number of nitrogens with two attached hydrogens (primary N) is 1. The van der Waals surface area contributed by atoms with E-state index in [-0.39, 0.29) is 10.8 Å². The summed E-state index contributed by atoms with van der Waals surface area (Å²) in [6, 6.07) is 13.6. The van der Waals surface area contributed by atoms with E-state index in [1.807, 2.05) is 11.0 Å². The molecular formula is C18H22N2O4S. The van der Waals surface area contributed by atoms with Crippen molar-refractivity contribution in [2.24, 2.45) is 11.8 Å². The van der Waals surface area contributed by atoms with Crippen LogP contribution in [0.15, 0.2) is 42.5 Å². The molecule has 2 heterocycles. The van der Waals surface area contributed by atoms with E-state index in [1.54, 1.807) is 6.07 Å². The van der Waals surface area contributed by atoms with Crippen LogP contribution in [0.4, 0.5) is 0 Å². The number of amides is 1. The van der Waals surface area contributed by atoms with E-state index in [9.17, 15) is 9.59 Å². The number of piperidine rings is 1. The highest BCUT2D eigenvalue weighted by molar-refractivity contribution is 7.15. The Morgan fingerprint density at radius 2 is 1.64 bits per heavy atom. The van der Waals surface area contributed by atoms with Crippen molar-refractivity contribution >= 4 is 23.2 Å². The average Bonchev–Trinajstić information content (AvgIpc) is 3.15. The molecule has 1 fully saturated rings. The van der Waals surface area contributed by atoms with Gasteiger partial charge in [-0.25, -0.2) is 10.7 Å². The summed E-state index contributed by atoms with van der Waals surface area (Å²) < 4.78 is 0. The van der Waals surface area contributed by atoms with Gasteiger partial charge in [0.15, 0.2) is 0 Å². The first-order chi connectivity index (χ1) is 12.1. The quantitative estimate of drug-likeness (QED) is 0.726. The Bertz CT molecular complexity index is 694. The normalized spacial score (nSPS) is 14.6. The van der Waals surface area contributed by atoms with Crippen molar-refractivity contribution in [2.45, 2.75) is 19.3 Å². The lowest BCUT2D eigenvalue weighted by Crippen LogP contribution is -2.38. The van der Waals surface area contributed by atoms with E-state index in [0.717, 1.165) is 43.7 Å². The van der Waals surface area contributed by atoms with E-state index < -0.39 is 5.97 Å². The molecule has 0 radical (unpaired) electrons. The Labute approximate surface area is 150 Å². The van der Waals surface area contributed by atoms with Gasteiger partial charge in [0.1, 0.15) is 4.88 Å². The minimum atomic E-state index is -0.976. The van der Waals surface area contributed by atoms with Gasteiger partial charge in [-0.1, -0.05) is 30.3 Å². The van der Waals surface area contributed by atoms with Gasteiger partial charge in [-0.15, -0.1) is 11.3 Å². The number of carboxylic acids is 1. The number of hydrogen-bond donors (Lipinski definition) is 3. The first-order valence-electron chi connectivity index (χ1n) is 8.05. The molecule has 0 aliphatic carbocycles. The molecule has 1 aromatic heterocycles. The molecular weight excluding hydrogens is 340 g/mol. The van der Waals surface area contributed by atoms with Crippen molar-refractivity contribution in [1.82, 2.24) is 4.90 Å².